The summed E-state index contributed by atoms with van der Waals surface area (Å²) in [5.74, 6) is 0. The van der Waals surface area contributed by atoms with Gasteiger partial charge in [-0.3, -0.25) is 0 Å². The lowest BCUT2D eigenvalue weighted by atomic mass is 9.80. The minimum Gasteiger partial charge on any atom is -0.0616 e. The van der Waals surface area contributed by atoms with E-state index in [0.717, 1.165) is 0 Å². The first-order valence-electron chi connectivity index (χ1n) is 20.4. The molecule has 274 valence electrons. The summed E-state index contributed by atoms with van der Waals surface area (Å²) in [5.41, 5.74) is 19.2. The van der Waals surface area contributed by atoms with E-state index in [-0.39, 0.29) is 5.41 Å². The minimum atomic E-state index is -0.122. The lowest BCUT2D eigenvalue weighted by Gasteiger charge is -2.23. The number of hydrogen-bond acceptors (Lipinski definition) is 0. The second-order valence-corrected chi connectivity index (χ2v) is 16.5. The van der Waals surface area contributed by atoms with E-state index in [1.807, 2.05) is 0 Å². The highest BCUT2D eigenvalue weighted by Crippen LogP contribution is 2.51. The van der Waals surface area contributed by atoms with E-state index >= 15 is 0 Å². The molecule has 0 atom stereocenters. The summed E-state index contributed by atoms with van der Waals surface area (Å²) in [6.07, 6.45) is 0. The van der Waals surface area contributed by atoms with Crippen molar-refractivity contribution >= 4 is 32.3 Å². The van der Waals surface area contributed by atoms with Gasteiger partial charge in [0.05, 0.1) is 0 Å². The van der Waals surface area contributed by atoms with Crippen molar-refractivity contribution < 1.29 is 0 Å². The van der Waals surface area contributed by atoms with Gasteiger partial charge in [-0.25, -0.2) is 0 Å². The summed E-state index contributed by atoms with van der Waals surface area (Å²) >= 11 is 0. The number of rotatable bonds is 5. The number of aryl methyl sites for hydroxylation is 1. The molecule has 1 aliphatic carbocycles. The van der Waals surface area contributed by atoms with Crippen molar-refractivity contribution in [2.45, 2.75) is 26.2 Å². The van der Waals surface area contributed by atoms with Crippen molar-refractivity contribution in [1.29, 1.82) is 0 Å². The number of fused-ring (bicyclic) bond motifs is 6. The van der Waals surface area contributed by atoms with Crippen LogP contribution in [0.5, 0.6) is 0 Å². The summed E-state index contributed by atoms with van der Waals surface area (Å²) in [7, 11) is 0. The summed E-state index contributed by atoms with van der Waals surface area (Å²) in [6, 6.07) is 74.3. The zero-order valence-electron chi connectivity index (χ0n) is 33.1. The van der Waals surface area contributed by atoms with Crippen molar-refractivity contribution in [3.8, 4) is 66.8 Å². The first kappa shape index (κ1) is 34.2. The van der Waals surface area contributed by atoms with Gasteiger partial charge >= 0.3 is 0 Å². The van der Waals surface area contributed by atoms with Crippen molar-refractivity contribution in [3.63, 3.8) is 0 Å². The molecule has 58 heavy (non-hydrogen) atoms. The molecule has 0 fully saturated rings. The van der Waals surface area contributed by atoms with Crippen molar-refractivity contribution in [3.05, 3.63) is 217 Å². The average molecular weight is 739 g/mol. The van der Waals surface area contributed by atoms with Gasteiger partial charge in [0.1, 0.15) is 0 Å². The third-order valence-electron chi connectivity index (χ3n) is 12.9. The van der Waals surface area contributed by atoms with Crippen LogP contribution in [0.4, 0.5) is 0 Å². The molecule has 0 amide bonds. The van der Waals surface area contributed by atoms with Gasteiger partial charge in [0.25, 0.3) is 0 Å². The van der Waals surface area contributed by atoms with Crippen LogP contribution in [0.25, 0.3) is 99.1 Å². The lowest BCUT2D eigenvalue weighted by molar-refractivity contribution is 0.661. The Morgan fingerprint density at radius 1 is 0.293 bits per heavy atom. The second kappa shape index (κ2) is 13.3. The molecular weight excluding hydrogens is 697 g/mol. The molecule has 10 aromatic carbocycles. The molecule has 0 bridgehead atoms. The maximum atomic E-state index is 2.43. The van der Waals surface area contributed by atoms with E-state index in [4.69, 9.17) is 0 Å². The maximum absolute atomic E-state index is 2.43. The van der Waals surface area contributed by atoms with Gasteiger partial charge in [0.15, 0.2) is 0 Å². The molecule has 0 heteroatoms. The fourth-order valence-electron chi connectivity index (χ4n) is 9.66. The molecule has 1 aliphatic rings. The van der Waals surface area contributed by atoms with Gasteiger partial charge in [-0.05, 0) is 141 Å². The summed E-state index contributed by atoms with van der Waals surface area (Å²) in [5, 5.41) is 7.79. The molecule has 0 saturated heterocycles. The topological polar surface area (TPSA) is 0 Å². The van der Waals surface area contributed by atoms with Crippen molar-refractivity contribution in [1.82, 2.24) is 0 Å². The SMILES string of the molecule is Cc1c2ccccc2c(-c2ccc(-c3ccc4c(c3)C(C)(C)c3cc(-c5ccc(-c6ccc(-c7ccc8ccccc8c7)cc6)cc5)ccc3-4)cc2)c2ccccc12. The molecule has 0 spiro atoms. The van der Waals surface area contributed by atoms with Crippen LogP contribution in [0, 0.1) is 6.92 Å². The second-order valence-electron chi connectivity index (χ2n) is 16.5. The Balaban J connectivity index is 0.861. The highest BCUT2D eigenvalue weighted by Gasteiger charge is 2.36. The molecule has 0 saturated carbocycles. The Morgan fingerprint density at radius 2 is 0.638 bits per heavy atom. The monoisotopic (exact) mass is 738 g/mol. The van der Waals surface area contributed by atoms with Gasteiger partial charge < -0.3 is 0 Å². The van der Waals surface area contributed by atoms with E-state index in [1.165, 1.54) is 116 Å². The van der Waals surface area contributed by atoms with Crippen LogP contribution in [0.15, 0.2) is 200 Å². The fraction of sp³-hybridized carbons (Fsp3) is 0.0690. The van der Waals surface area contributed by atoms with Gasteiger partial charge in [-0.15, -0.1) is 0 Å². The third kappa shape index (κ3) is 5.52. The normalized spacial score (nSPS) is 12.9. The first-order valence-corrected chi connectivity index (χ1v) is 20.4. The van der Waals surface area contributed by atoms with Gasteiger partial charge in [-0.2, -0.15) is 0 Å². The molecule has 0 radical (unpaired) electrons. The Kier molecular flexibility index (Phi) is 7.85. The molecule has 0 N–H and O–H groups in total. The predicted octanol–water partition coefficient (Wildman–Crippen LogP) is 16.1. The summed E-state index contributed by atoms with van der Waals surface area (Å²) < 4.78 is 0. The Morgan fingerprint density at radius 3 is 1.12 bits per heavy atom. The van der Waals surface area contributed by atoms with Gasteiger partial charge in [0, 0.05) is 5.41 Å². The largest absolute Gasteiger partial charge is 0.0616 e. The Bertz CT molecular complexity index is 3160. The standard InChI is InChI=1S/C58H42/c1-37-49-12-6-8-14-53(49)57(54-15-9-7-13-50(37)54)44-27-24-43(25-28-44)48-31-33-52-51-32-30-47(35-55(51)58(2,3)56(52)36-48)42-22-18-40(19-23-42)39-16-20-41(21-17-39)46-29-26-38-10-4-5-11-45(38)34-46/h4-36H,1-3H3. The summed E-state index contributed by atoms with van der Waals surface area (Å²) in [6.45, 7) is 7.01. The predicted molar refractivity (Wildman–Crippen MR) is 248 cm³/mol. The first-order chi connectivity index (χ1) is 28.4. The van der Waals surface area contributed by atoms with E-state index in [0.29, 0.717) is 0 Å². The fourth-order valence-corrected chi connectivity index (χ4v) is 9.66. The van der Waals surface area contributed by atoms with Crippen molar-refractivity contribution in [2.75, 3.05) is 0 Å². The van der Waals surface area contributed by atoms with E-state index in [2.05, 4.69) is 221 Å². The van der Waals surface area contributed by atoms with Crippen LogP contribution in [0.3, 0.4) is 0 Å². The van der Waals surface area contributed by atoms with Crippen LogP contribution in [0.2, 0.25) is 0 Å². The number of benzene rings is 10. The highest BCUT2D eigenvalue weighted by molar-refractivity contribution is 6.15. The highest BCUT2D eigenvalue weighted by atomic mass is 14.4. The molecule has 0 aliphatic heterocycles. The maximum Gasteiger partial charge on any atom is 0.0159 e. The number of hydrogen-bond donors (Lipinski definition) is 0. The molecule has 0 unspecified atom stereocenters. The van der Waals surface area contributed by atoms with Crippen LogP contribution < -0.4 is 0 Å². The van der Waals surface area contributed by atoms with Crippen molar-refractivity contribution in [2.24, 2.45) is 0 Å². The molecule has 0 aromatic heterocycles. The quantitative estimate of drug-likeness (QED) is 0.154. The molecule has 10 aromatic rings. The van der Waals surface area contributed by atoms with Gasteiger partial charge in [0.2, 0.25) is 0 Å². The van der Waals surface area contributed by atoms with Gasteiger partial charge in [-0.1, -0.05) is 196 Å². The zero-order chi connectivity index (χ0) is 39.0. The summed E-state index contributed by atoms with van der Waals surface area (Å²) in [4.78, 5) is 0. The van der Waals surface area contributed by atoms with Crippen LogP contribution >= 0.6 is 0 Å². The zero-order valence-corrected chi connectivity index (χ0v) is 33.1. The molecule has 0 nitrogen and oxygen atoms in total. The van der Waals surface area contributed by atoms with E-state index in [9.17, 15) is 0 Å². The van der Waals surface area contributed by atoms with Crippen LogP contribution in [-0.2, 0) is 5.41 Å². The average Bonchev–Trinajstić information content (AvgIpc) is 3.51. The van der Waals surface area contributed by atoms with Crippen LogP contribution in [0.1, 0.15) is 30.5 Å². The van der Waals surface area contributed by atoms with E-state index in [1.54, 1.807) is 0 Å². The molecular formula is C58H42. The molecule has 11 rings (SSSR count). The lowest BCUT2D eigenvalue weighted by Crippen LogP contribution is -2.15. The Labute approximate surface area is 340 Å². The minimum absolute atomic E-state index is 0.122. The third-order valence-corrected chi connectivity index (χ3v) is 12.9. The smallest absolute Gasteiger partial charge is 0.0159 e. The Hall–Kier alpha value is -7.02. The van der Waals surface area contributed by atoms with Crippen LogP contribution in [-0.4, -0.2) is 0 Å². The van der Waals surface area contributed by atoms with E-state index < -0.39 is 0 Å². The molecule has 0 heterocycles.